The number of unbranched alkanes of at least 4 members (excludes halogenated alkanes) is 17. The SMILES string of the molecule is CCCCCCCC/C=C\CCCCCCCCCCCCCC(=O)O.N=C(N)NCCCC(N)C(=O)O. The molecule has 1 atom stereocenters. The molecule has 0 aromatic heterocycles. The van der Waals surface area contributed by atoms with E-state index in [1.807, 2.05) is 0 Å². The van der Waals surface area contributed by atoms with Crippen LogP contribution < -0.4 is 16.8 Å². The van der Waals surface area contributed by atoms with Gasteiger partial charge in [0.1, 0.15) is 6.04 Å². The Hall–Kier alpha value is -2.09. The first-order chi connectivity index (χ1) is 18.3. The fourth-order valence-corrected chi connectivity index (χ4v) is 4.08. The molecule has 0 aromatic rings. The van der Waals surface area contributed by atoms with Crippen LogP contribution in [0.4, 0.5) is 0 Å². The van der Waals surface area contributed by atoms with Gasteiger partial charge in [-0.05, 0) is 44.9 Å². The molecule has 0 aliphatic carbocycles. The fourth-order valence-electron chi connectivity index (χ4n) is 4.08. The highest BCUT2D eigenvalue weighted by Gasteiger charge is 2.09. The fraction of sp³-hybridized carbons (Fsp3) is 0.833. The molecule has 0 aromatic carbocycles. The number of carboxylic acid groups (broad SMARTS) is 2. The number of carbonyl (C=O) groups is 2. The zero-order valence-corrected chi connectivity index (χ0v) is 24.4. The van der Waals surface area contributed by atoms with Crippen molar-refractivity contribution in [3.8, 4) is 0 Å². The number of rotatable bonds is 26. The molecule has 0 amide bonds. The first-order valence-corrected chi connectivity index (χ1v) is 15.2. The number of nitrogens with two attached hydrogens (primary N) is 2. The van der Waals surface area contributed by atoms with E-state index in [-0.39, 0.29) is 5.96 Å². The highest BCUT2D eigenvalue weighted by molar-refractivity contribution is 5.74. The van der Waals surface area contributed by atoms with Crippen LogP contribution >= 0.6 is 0 Å². The third-order valence-electron chi connectivity index (χ3n) is 6.48. The van der Waals surface area contributed by atoms with Crippen LogP contribution in [-0.4, -0.2) is 40.7 Å². The van der Waals surface area contributed by atoms with Crippen LogP contribution in [0.5, 0.6) is 0 Å². The molecule has 0 saturated heterocycles. The van der Waals surface area contributed by atoms with Gasteiger partial charge in [0.2, 0.25) is 0 Å². The summed E-state index contributed by atoms with van der Waals surface area (Å²) < 4.78 is 0. The molecule has 8 heteroatoms. The lowest BCUT2D eigenvalue weighted by Gasteiger charge is -2.06. The smallest absolute Gasteiger partial charge is 0.320 e. The Bertz CT molecular complexity index is 585. The Morgan fingerprint density at radius 3 is 1.55 bits per heavy atom. The average molecular weight is 541 g/mol. The summed E-state index contributed by atoms with van der Waals surface area (Å²) in [5.74, 6) is -1.77. The highest BCUT2D eigenvalue weighted by atomic mass is 16.4. The molecular formula is C30H60N4O4. The molecule has 224 valence electrons. The van der Waals surface area contributed by atoms with E-state index in [1.54, 1.807) is 0 Å². The Morgan fingerprint density at radius 2 is 1.16 bits per heavy atom. The van der Waals surface area contributed by atoms with Gasteiger partial charge in [-0.15, -0.1) is 0 Å². The van der Waals surface area contributed by atoms with Crippen LogP contribution in [0.2, 0.25) is 0 Å². The van der Waals surface area contributed by atoms with Gasteiger partial charge in [0.15, 0.2) is 5.96 Å². The molecule has 0 spiro atoms. The number of hydrogen-bond acceptors (Lipinski definition) is 4. The van der Waals surface area contributed by atoms with Gasteiger partial charge >= 0.3 is 11.9 Å². The standard InChI is InChI=1S/C24H46O2.C6H14N4O2/c1-2-3-4-5-6-7-8-9-10-11-12-13-14-15-16-17-18-19-20-21-22-23-24(25)26;7-4(5(11)12)2-1-3-10-6(8)9/h9-10H,2-8,11-23H2,1H3,(H,25,26);4H,1-3,7H2,(H,11,12)(H4,8,9,10)/b10-9-;. The lowest BCUT2D eigenvalue weighted by atomic mass is 10.0. The third-order valence-corrected chi connectivity index (χ3v) is 6.48. The number of aliphatic carboxylic acids is 2. The molecule has 8 N–H and O–H groups in total. The first-order valence-electron chi connectivity index (χ1n) is 15.2. The molecule has 0 fully saturated rings. The van der Waals surface area contributed by atoms with E-state index in [0.717, 1.165) is 12.8 Å². The predicted molar refractivity (Wildman–Crippen MR) is 160 cm³/mol. The number of guanidine groups is 1. The van der Waals surface area contributed by atoms with Gasteiger partial charge < -0.3 is 27.0 Å². The van der Waals surface area contributed by atoms with Crippen molar-refractivity contribution in [1.29, 1.82) is 5.41 Å². The number of allylic oxidation sites excluding steroid dienone is 2. The van der Waals surface area contributed by atoms with Crippen molar-refractivity contribution >= 4 is 17.9 Å². The zero-order chi connectivity index (χ0) is 28.7. The third kappa shape index (κ3) is 36.1. The zero-order valence-electron chi connectivity index (χ0n) is 24.4. The summed E-state index contributed by atoms with van der Waals surface area (Å²) in [6.07, 6.45) is 31.1. The van der Waals surface area contributed by atoms with Crippen LogP contribution in [0.15, 0.2) is 12.2 Å². The van der Waals surface area contributed by atoms with Crippen LogP contribution in [0.25, 0.3) is 0 Å². The average Bonchev–Trinajstić information content (AvgIpc) is 2.87. The van der Waals surface area contributed by atoms with Crippen molar-refractivity contribution in [2.45, 2.75) is 154 Å². The Labute approximate surface area is 232 Å². The second-order valence-electron chi connectivity index (χ2n) is 10.3. The van der Waals surface area contributed by atoms with Crippen molar-refractivity contribution in [2.24, 2.45) is 11.5 Å². The summed E-state index contributed by atoms with van der Waals surface area (Å²) >= 11 is 0. The van der Waals surface area contributed by atoms with Gasteiger partial charge in [0, 0.05) is 13.0 Å². The Kier molecular flexibility index (Phi) is 31.2. The minimum atomic E-state index is -1.00. The van der Waals surface area contributed by atoms with E-state index in [1.165, 1.54) is 109 Å². The van der Waals surface area contributed by atoms with E-state index in [0.29, 0.717) is 25.8 Å². The van der Waals surface area contributed by atoms with E-state index in [4.69, 9.17) is 27.1 Å². The maximum Gasteiger partial charge on any atom is 0.320 e. The lowest BCUT2D eigenvalue weighted by molar-refractivity contribution is -0.139. The second-order valence-corrected chi connectivity index (χ2v) is 10.3. The van der Waals surface area contributed by atoms with Gasteiger partial charge in [-0.25, -0.2) is 0 Å². The van der Waals surface area contributed by atoms with E-state index >= 15 is 0 Å². The summed E-state index contributed by atoms with van der Waals surface area (Å²) in [5, 5.41) is 26.3. The molecule has 0 saturated carbocycles. The molecule has 0 radical (unpaired) electrons. The van der Waals surface area contributed by atoms with E-state index in [2.05, 4.69) is 24.4 Å². The van der Waals surface area contributed by atoms with Crippen molar-refractivity contribution in [3.05, 3.63) is 12.2 Å². The predicted octanol–water partition coefficient (Wildman–Crippen LogP) is 7.11. The van der Waals surface area contributed by atoms with E-state index in [9.17, 15) is 9.59 Å². The normalized spacial score (nSPS) is 11.6. The number of carboxylic acids is 2. The highest BCUT2D eigenvalue weighted by Crippen LogP contribution is 2.13. The van der Waals surface area contributed by atoms with Gasteiger partial charge in [0.05, 0.1) is 0 Å². The topological polar surface area (TPSA) is 163 Å². The van der Waals surface area contributed by atoms with Gasteiger partial charge in [-0.3, -0.25) is 15.0 Å². The summed E-state index contributed by atoms with van der Waals surface area (Å²) in [7, 11) is 0. The van der Waals surface area contributed by atoms with Gasteiger partial charge in [-0.1, -0.05) is 109 Å². The van der Waals surface area contributed by atoms with Crippen molar-refractivity contribution in [1.82, 2.24) is 5.32 Å². The largest absolute Gasteiger partial charge is 0.481 e. The monoisotopic (exact) mass is 540 g/mol. The molecule has 0 aliphatic heterocycles. The molecule has 0 heterocycles. The van der Waals surface area contributed by atoms with Gasteiger partial charge in [-0.2, -0.15) is 0 Å². The summed E-state index contributed by atoms with van der Waals surface area (Å²) in [6.45, 7) is 2.76. The van der Waals surface area contributed by atoms with Gasteiger partial charge in [0.25, 0.3) is 0 Å². The number of nitrogens with one attached hydrogen (secondary N) is 2. The summed E-state index contributed by atoms with van der Waals surface area (Å²) in [4.78, 5) is 20.6. The van der Waals surface area contributed by atoms with Crippen LogP contribution in [0, 0.1) is 5.41 Å². The molecular weight excluding hydrogens is 480 g/mol. The van der Waals surface area contributed by atoms with Crippen LogP contribution in [0.3, 0.4) is 0 Å². The molecule has 0 bridgehead atoms. The minimum absolute atomic E-state index is 0.112. The van der Waals surface area contributed by atoms with Crippen LogP contribution in [-0.2, 0) is 9.59 Å². The van der Waals surface area contributed by atoms with Crippen LogP contribution in [0.1, 0.15) is 148 Å². The second kappa shape index (κ2) is 31.1. The quantitative estimate of drug-likeness (QED) is 0.0294. The molecule has 1 unspecified atom stereocenters. The van der Waals surface area contributed by atoms with Crippen molar-refractivity contribution in [3.63, 3.8) is 0 Å². The molecule has 0 rings (SSSR count). The maximum atomic E-state index is 10.4. The first kappa shape index (κ1) is 38.1. The minimum Gasteiger partial charge on any atom is -0.481 e. The maximum absolute atomic E-state index is 10.4. The Balaban J connectivity index is 0. The van der Waals surface area contributed by atoms with E-state index < -0.39 is 18.0 Å². The van der Waals surface area contributed by atoms with Crippen molar-refractivity contribution in [2.75, 3.05) is 6.54 Å². The summed E-state index contributed by atoms with van der Waals surface area (Å²) in [6, 6.07) is -0.821. The lowest BCUT2D eigenvalue weighted by Crippen LogP contribution is -2.34. The number of hydrogen-bond donors (Lipinski definition) is 6. The summed E-state index contributed by atoms with van der Waals surface area (Å²) in [5.41, 5.74) is 10.2. The molecule has 0 aliphatic rings. The van der Waals surface area contributed by atoms with Crippen molar-refractivity contribution < 1.29 is 19.8 Å². The molecule has 8 nitrogen and oxygen atoms in total. The molecule has 38 heavy (non-hydrogen) atoms. The Morgan fingerprint density at radius 1 is 0.737 bits per heavy atom.